The van der Waals surface area contributed by atoms with E-state index in [0.29, 0.717) is 10.7 Å². The van der Waals surface area contributed by atoms with Gasteiger partial charge < -0.3 is 15.5 Å². The highest BCUT2D eigenvalue weighted by Crippen LogP contribution is 2.21. The number of halogens is 1. The first-order valence-corrected chi connectivity index (χ1v) is 9.47. The van der Waals surface area contributed by atoms with Crippen molar-refractivity contribution in [3.63, 3.8) is 0 Å². The molecule has 0 aliphatic carbocycles. The van der Waals surface area contributed by atoms with Gasteiger partial charge in [0.15, 0.2) is 0 Å². The number of hydrogen-bond acceptors (Lipinski definition) is 4. The first-order chi connectivity index (χ1) is 12.5. The summed E-state index contributed by atoms with van der Waals surface area (Å²) in [6.07, 6.45) is 0. The van der Waals surface area contributed by atoms with Crippen molar-refractivity contribution in [2.75, 3.05) is 57.7 Å². The van der Waals surface area contributed by atoms with E-state index in [0.717, 1.165) is 52.4 Å². The van der Waals surface area contributed by atoms with Gasteiger partial charge in [-0.1, -0.05) is 23.7 Å². The number of carbonyl (C=O) groups excluding carboxylic acids is 2. The van der Waals surface area contributed by atoms with E-state index in [1.807, 2.05) is 24.0 Å². The normalized spacial score (nSPS) is 20.1. The number of nitrogens with zero attached hydrogens (tertiary/aromatic N) is 3. The molecule has 0 spiro atoms. The summed E-state index contributed by atoms with van der Waals surface area (Å²) >= 11 is 6.11. The summed E-state index contributed by atoms with van der Waals surface area (Å²) in [5, 5.41) is 6.28. The van der Waals surface area contributed by atoms with E-state index in [1.54, 1.807) is 12.1 Å². The molecule has 2 aliphatic rings. The van der Waals surface area contributed by atoms with E-state index in [9.17, 15) is 9.59 Å². The van der Waals surface area contributed by atoms with Crippen LogP contribution in [-0.4, -0.2) is 85.0 Å². The monoisotopic (exact) mass is 379 g/mol. The smallest absolute Gasteiger partial charge is 0.317 e. The highest BCUT2D eigenvalue weighted by Gasteiger charge is 2.27. The molecule has 2 saturated heterocycles. The number of rotatable bonds is 6. The summed E-state index contributed by atoms with van der Waals surface area (Å²) in [7, 11) is 0. The fourth-order valence-electron chi connectivity index (χ4n) is 3.33. The van der Waals surface area contributed by atoms with Crippen molar-refractivity contribution in [3.05, 3.63) is 29.3 Å². The van der Waals surface area contributed by atoms with Gasteiger partial charge >= 0.3 is 6.03 Å². The molecule has 1 aromatic rings. The Balaban J connectivity index is 1.43. The zero-order valence-electron chi connectivity index (χ0n) is 15.1. The lowest BCUT2D eigenvalue weighted by Crippen LogP contribution is -2.53. The molecule has 26 heavy (non-hydrogen) atoms. The maximum absolute atomic E-state index is 12.5. The number of anilines is 1. The average molecular weight is 380 g/mol. The number of amides is 3. The Bertz CT molecular complexity index is 648. The second-order valence-electron chi connectivity index (χ2n) is 6.74. The molecular weight excluding hydrogens is 354 g/mol. The molecule has 1 aromatic carbocycles. The third-order valence-electron chi connectivity index (χ3n) is 5.10. The molecule has 0 aromatic heterocycles. The number of hydrogen-bond donors (Lipinski definition) is 2. The summed E-state index contributed by atoms with van der Waals surface area (Å²) < 4.78 is 0. The predicted octanol–water partition coefficient (Wildman–Crippen LogP) is 1.31. The summed E-state index contributed by atoms with van der Waals surface area (Å²) in [6.45, 7) is 8.57. The Labute approximate surface area is 159 Å². The molecule has 142 valence electrons. The van der Waals surface area contributed by atoms with Crippen molar-refractivity contribution in [3.8, 4) is 0 Å². The molecule has 1 unspecified atom stereocenters. The fraction of sp³-hybridized carbons (Fsp3) is 0.556. The number of para-hydroxylation sites is 1. The van der Waals surface area contributed by atoms with Gasteiger partial charge in [0.25, 0.3) is 0 Å². The molecule has 2 fully saturated rings. The number of urea groups is 1. The lowest BCUT2D eigenvalue weighted by molar-refractivity contribution is -0.121. The van der Waals surface area contributed by atoms with E-state index in [4.69, 9.17) is 11.6 Å². The van der Waals surface area contributed by atoms with Crippen LogP contribution < -0.4 is 10.6 Å². The Morgan fingerprint density at radius 2 is 1.92 bits per heavy atom. The van der Waals surface area contributed by atoms with Crippen LogP contribution in [0.15, 0.2) is 24.3 Å². The van der Waals surface area contributed by atoms with Gasteiger partial charge in [0.2, 0.25) is 5.91 Å². The van der Waals surface area contributed by atoms with Crippen LogP contribution in [0.5, 0.6) is 0 Å². The topological polar surface area (TPSA) is 67.9 Å². The molecule has 2 N–H and O–H groups in total. The summed E-state index contributed by atoms with van der Waals surface area (Å²) in [5.41, 5.74) is 0.647. The number of benzene rings is 1. The third-order valence-corrected chi connectivity index (χ3v) is 5.43. The zero-order chi connectivity index (χ0) is 18.5. The van der Waals surface area contributed by atoms with Crippen molar-refractivity contribution in [2.24, 2.45) is 0 Å². The van der Waals surface area contributed by atoms with Crippen LogP contribution in [0.3, 0.4) is 0 Å². The standard InChI is InChI=1S/C18H26ClN5O2/c1-14(17(25)21-16-5-3-2-4-15(16)19)23-11-8-22(9-12-23)10-13-24-7-6-20-18(24)26/h2-5,14H,6-13H2,1H3,(H,20,26)(H,21,25). The molecule has 2 heterocycles. The zero-order valence-corrected chi connectivity index (χ0v) is 15.8. The van der Waals surface area contributed by atoms with Crippen molar-refractivity contribution in [2.45, 2.75) is 13.0 Å². The first kappa shape index (κ1) is 18.9. The molecule has 7 nitrogen and oxygen atoms in total. The van der Waals surface area contributed by atoms with Crippen molar-refractivity contribution in [1.29, 1.82) is 0 Å². The third kappa shape index (κ3) is 4.66. The second-order valence-corrected chi connectivity index (χ2v) is 7.15. The van der Waals surface area contributed by atoms with Crippen LogP contribution in [-0.2, 0) is 4.79 Å². The highest BCUT2D eigenvalue weighted by atomic mass is 35.5. The van der Waals surface area contributed by atoms with Gasteiger partial charge in [0.05, 0.1) is 16.8 Å². The van der Waals surface area contributed by atoms with Gasteiger partial charge in [-0.2, -0.15) is 0 Å². The lowest BCUT2D eigenvalue weighted by atomic mass is 10.2. The second kappa shape index (κ2) is 8.70. The predicted molar refractivity (Wildman–Crippen MR) is 103 cm³/mol. The lowest BCUT2D eigenvalue weighted by Gasteiger charge is -2.37. The Kier molecular flexibility index (Phi) is 6.34. The quantitative estimate of drug-likeness (QED) is 0.782. The molecule has 0 saturated carbocycles. The average Bonchev–Trinajstić information content (AvgIpc) is 3.06. The van der Waals surface area contributed by atoms with E-state index >= 15 is 0 Å². The molecule has 0 radical (unpaired) electrons. The van der Waals surface area contributed by atoms with Crippen LogP contribution in [0, 0.1) is 0 Å². The number of carbonyl (C=O) groups is 2. The summed E-state index contributed by atoms with van der Waals surface area (Å²) in [6, 6.07) is 7.09. The van der Waals surface area contributed by atoms with Gasteiger partial charge in [-0.25, -0.2) is 4.79 Å². The maximum atomic E-state index is 12.5. The van der Waals surface area contributed by atoms with Gasteiger partial charge in [0, 0.05) is 52.4 Å². The van der Waals surface area contributed by atoms with Crippen LogP contribution in [0.25, 0.3) is 0 Å². The van der Waals surface area contributed by atoms with Gasteiger partial charge in [-0.15, -0.1) is 0 Å². The van der Waals surface area contributed by atoms with Gasteiger partial charge in [-0.3, -0.25) is 14.6 Å². The van der Waals surface area contributed by atoms with E-state index in [2.05, 4.69) is 20.4 Å². The first-order valence-electron chi connectivity index (χ1n) is 9.09. The molecule has 3 rings (SSSR count). The SMILES string of the molecule is CC(C(=O)Nc1ccccc1Cl)N1CCN(CCN2CCNC2=O)CC1. The molecule has 3 amide bonds. The van der Waals surface area contributed by atoms with Crippen LogP contribution in [0.2, 0.25) is 5.02 Å². The highest BCUT2D eigenvalue weighted by molar-refractivity contribution is 6.33. The van der Waals surface area contributed by atoms with Gasteiger partial charge in [0.1, 0.15) is 0 Å². The van der Waals surface area contributed by atoms with Crippen LogP contribution in [0.1, 0.15) is 6.92 Å². The summed E-state index contributed by atoms with van der Waals surface area (Å²) in [4.78, 5) is 30.5. The van der Waals surface area contributed by atoms with E-state index in [-0.39, 0.29) is 18.0 Å². The van der Waals surface area contributed by atoms with Crippen molar-refractivity contribution in [1.82, 2.24) is 20.0 Å². The molecular formula is C18H26ClN5O2. The van der Waals surface area contributed by atoms with Crippen molar-refractivity contribution < 1.29 is 9.59 Å². The largest absolute Gasteiger partial charge is 0.336 e. The number of piperazine rings is 1. The Hall–Kier alpha value is -1.83. The summed E-state index contributed by atoms with van der Waals surface area (Å²) in [5.74, 6) is -0.0414. The molecule has 8 heteroatoms. The minimum Gasteiger partial charge on any atom is -0.336 e. The molecule has 2 aliphatic heterocycles. The van der Waals surface area contributed by atoms with E-state index in [1.165, 1.54) is 0 Å². The van der Waals surface area contributed by atoms with Gasteiger partial charge in [-0.05, 0) is 19.1 Å². The Morgan fingerprint density at radius 3 is 2.58 bits per heavy atom. The van der Waals surface area contributed by atoms with Crippen LogP contribution in [0.4, 0.5) is 10.5 Å². The van der Waals surface area contributed by atoms with E-state index < -0.39 is 0 Å². The molecule has 0 bridgehead atoms. The van der Waals surface area contributed by atoms with Crippen LogP contribution >= 0.6 is 11.6 Å². The molecule has 1 atom stereocenters. The Morgan fingerprint density at radius 1 is 1.19 bits per heavy atom. The fourth-order valence-corrected chi connectivity index (χ4v) is 3.51. The minimum atomic E-state index is -0.210. The maximum Gasteiger partial charge on any atom is 0.317 e. The van der Waals surface area contributed by atoms with Crippen molar-refractivity contribution >= 4 is 29.2 Å². The minimum absolute atomic E-state index is 0.0357. The number of nitrogens with one attached hydrogen (secondary N) is 2.